The number of amides is 2. The molecule has 3 rings (SSSR count). The van der Waals surface area contributed by atoms with Gasteiger partial charge in [-0.1, -0.05) is 48.0 Å². The topological polar surface area (TPSA) is 46.5 Å². The molecule has 0 radical (unpaired) electrons. The van der Waals surface area contributed by atoms with Crippen LogP contribution in [-0.4, -0.2) is 35.8 Å². The number of para-hydroxylation sites is 1. The molecule has 0 fully saturated rings. The summed E-state index contributed by atoms with van der Waals surface area (Å²) in [7, 11) is 1.63. The molecular weight excluding hydrogens is 374 g/mol. The predicted molar refractivity (Wildman–Crippen MR) is 113 cm³/mol. The van der Waals surface area contributed by atoms with E-state index < -0.39 is 0 Å². The molecule has 0 aliphatic rings. The van der Waals surface area contributed by atoms with Crippen LogP contribution in [0.5, 0.6) is 0 Å². The van der Waals surface area contributed by atoms with Crippen molar-refractivity contribution in [2.45, 2.75) is 13.1 Å². The highest BCUT2D eigenvalue weighted by atomic mass is 35.5. The normalized spacial score (nSPS) is 10.6. The number of nitrogens with zero attached hydrogens (tertiary/aromatic N) is 2. The van der Waals surface area contributed by atoms with Crippen molar-refractivity contribution < 1.29 is 9.53 Å². The van der Waals surface area contributed by atoms with E-state index in [4.69, 9.17) is 16.3 Å². The maximum absolute atomic E-state index is 12.8. The minimum atomic E-state index is -0.159. The lowest BCUT2D eigenvalue weighted by molar-refractivity contribution is 0.152. The van der Waals surface area contributed by atoms with Gasteiger partial charge in [0.25, 0.3) is 0 Å². The van der Waals surface area contributed by atoms with Crippen LogP contribution in [0.1, 0.15) is 11.3 Å². The lowest BCUT2D eigenvalue weighted by Gasteiger charge is -2.24. The molecule has 1 aromatic heterocycles. The number of hydrogen-bond acceptors (Lipinski definition) is 2. The van der Waals surface area contributed by atoms with Crippen molar-refractivity contribution in [1.29, 1.82) is 0 Å². The SMILES string of the molecule is COCCN(Cc1cccn1Cc1ccccc1Cl)C(=O)Nc1ccccc1. The van der Waals surface area contributed by atoms with Crippen LogP contribution in [0.2, 0.25) is 5.02 Å². The van der Waals surface area contributed by atoms with Crippen LogP contribution in [0, 0.1) is 0 Å². The predicted octanol–water partition coefficient (Wildman–Crippen LogP) is 4.87. The molecule has 0 spiro atoms. The van der Waals surface area contributed by atoms with Crippen molar-refractivity contribution in [3.63, 3.8) is 0 Å². The van der Waals surface area contributed by atoms with E-state index >= 15 is 0 Å². The Morgan fingerprint density at radius 1 is 1.07 bits per heavy atom. The second-order valence-electron chi connectivity index (χ2n) is 6.43. The molecule has 0 atom stereocenters. The van der Waals surface area contributed by atoms with Gasteiger partial charge in [0.05, 0.1) is 13.2 Å². The van der Waals surface area contributed by atoms with E-state index in [2.05, 4.69) is 9.88 Å². The number of ether oxygens (including phenoxy) is 1. The van der Waals surface area contributed by atoms with Gasteiger partial charge in [-0.3, -0.25) is 0 Å². The quantitative estimate of drug-likeness (QED) is 0.589. The third-order valence-corrected chi connectivity index (χ3v) is 4.82. The summed E-state index contributed by atoms with van der Waals surface area (Å²) in [5.74, 6) is 0. The van der Waals surface area contributed by atoms with E-state index in [0.717, 1.165) is 22.0 Å². The summed E-state index contributed by atoms with van der Waals surface area (Å²) in [4.78, 5) is 14.5. The first kappa shape index (κ1) is 20.0. The Hall–Kier alpha value is -2.76. The number of carbonyl (C=O) groups excluding carboxylic acids is 1. The molecule has 3 aromatic rings. The van der Waals surface area contributed by atoms with Gasteiger partial charge in [0, 0.05) is 42.8 Å². The Balaban J connectivity index is 1.73. The molecule has 146 valence electrons. The molecule has 1 N–H and O–H groups in total. The molecule has 6 heteroatoms. The summed E-state index contributed by atoms with van der Waals surface area (Å²) in [5.41, 5.74) is 2.83. The van der Waals surface area contributed by atoms with Crippen molar-refractivity contribution in [3.05, 3.63) is 89.2 Å². The zero-order valence-corrected chi connectivity index (χ0v) is 16.6. The fraction of sp³-hybridized carbons (Fsp3) is 0.227. The van der Waals surface area contributed by atoms with Crippen LogP contribution in [0.25, 0.3) is 0 Å². The number of halogens is 1. The minimum absolute atomic E-state index is 0.159. The monoisotopic (exact) mass is 397 g/mol. The largest absolute Gasteiger partial charge is 0.383 e. The van der Waals surface area contributed by atoms with Crippen molar-refractivity contribution in [1.82, 2.24) is 9.47 Å². The number of nitrogens with one attached hydrogen (secondary N) is 1. The highest BCUT2D eigenvalue weighted by Gasteiger charge is 2.16. The number of rotatable bonds is 8. The summed E-state index contributed by atoms with van der Waals surface area (Å²) in [6.45, 7) is 2.08. The van der Waals surface area contributed by atoms with Crippen LogP contribution in [0.4, 0.5) is 10.5 Å². The lowest BCUT2D eigenvalue weighted by Crippen LogP contribution is -2.37. The average molecular weight is 398 g/mol. The van der Waals surface area contributed by atoms with Crippen molar-refractivity contribution in [2.75, 3.05) is 25.6 Å². The van der Waals surface area contributed by atoms with Gasteiger partial charge in [-0.25, -0.2) is 4.79 Å². The fourth-order valence-corrected chi connectivity index (χ4v) is 3.13. The second kappa shape index (κ2) is 9.97. The number of benzene rings is 2. The molecular formula is C22H24ClN3O2. The molecule has 0 saturated carbocycles. The molecule has 28 heavy (non-hydrogen) atoms. The standard InChI is InChI=1S/C22H24ClN3O2/c1-28-15-14-26(22(27)24-19-9-3-2-4-10-19)17-20-11-7-13-25(20)16-18-8-5-6-12-21(18)23/h2-13H,14-17H2,1H3,(H,24,27). The molecule has 2 amide bonds. The molecule has 0 aliphatic heterocycles. The third kappa shape index (κ3) is 5.38. The number of urea groups is 1. The van der Waals surface area contributed by atoms with Gasteiger partial charge in [0.2, 0.25) is 0 Å². The summed E-state index contributed by atoms with van der Waals surface area (Å²) in [6.07, 6.45) is 2.00. The maximum Gasteiger partial charge on any atom is 0.322 e. The maximum atomic E-state index is 12.8. The van der Waals surface area contributed by atoms with Crippen molar-refractivity contribution in [2.24, 2.45) is 0 Å². The van der Waals surface area contributed by atoms with E-state index in [9.17, 15) is 4.79 Å². The van der Waals surface area contributed by atoms with E-state index in [1.165, 1.54) is 0 Å². The zero-order valence-electron chi connectivity index (χ0n) is 15.8. The van der Waals surface area contributed by atoms with Gasteiger partial charge in [0.15, 0.2) is 0 Å². The minimum Gasteiger partial charge on any atom is -0.383 e. The van der Waals surface area contributed by atoms with E-state index in [-0.39, 0.29) is 6.03 Å². The molecule has 0 bridgehead atoms. The van der Waals surface area contributed by atoms with Gasteiger partial charge in [-0.05, 0) is 35.9 Å². The van der Waals surface area contributed by atoms with Crippen LogP contribution >= 0.6 is 11.6 Å². The van der Waals surface area contributed by atoms with Gasteiger partial charge in [0.1, 0.15) is 0 Å². The van der Waals surface area contributed by atoms with Crippen LogP contribution < -0.4 is 5.32 Å². The van der Waals surface area contributed by atoms with Gasteiger partial charge in [-0.2, -0.15) is 0 Å². The van der Waals surface area contributed by atoms with E-state index in [0.29, 0.717) is 26.2 Å². The fourth-order valence-electron chi connectivity index (χ4n) is 2.93. The Morgan fingerprint density at radius 3 is 2.57 bits per heavy atom. The zero-order chi connectivity index (χ0) is 19.8. The van der Waals surface area contributed by atoms with Gasteiger partial charge < -0.3 is 19.5 Å². The number of anilines is 1. The molecule has 2 aromatic carbocycles. The Morgan fingerprint density at radius 2 is 1.82 bits per heavy atom. The first-order valence-electron chi connectivity index (χ1n) is 9.14. The summed E-state index contributed by atoms with van der Waals surface area (Å²) < 4.78 is 7.30. The molecule has 5 nitrogen and oxygen atoms in total. The number of carbonyl (C=O) groups is 1. The highest BCUT2D eigenvalue weighted by Crippen LogP contribution is 2.18. The second-order valence-corrected chi connectivity index (χ2v) is 6.84. The van der Waals surface area contributed by atoms with Gasteiger partial charge >= 0.3 is 6.03 Å². The number of methoxy groups -OCH3 is 1. The summed E-state index contributed by atoms with van der Waals surface area (Å²) >= 11 is 6.30. The molecule has 0 unspecified atom stereocenters. The highest BCUT2D eigenvalue weighted by molar-refractivity contribution is 6.31. The van der Waals surface area contributed by atoms with E-state index in [1.54, 1.807) is 12.0 Å². The Bertz CT molecular complexity index is 896. The van der Waals surface area contributed by atoms with Crippen molar-refractivity contribution >= 4 is 23.3 Å². The summed E-state index contributed by atoms with van der Waals surface area (Å²) in [5, 5.41) is 3.68. The Kier molecular flexibility index (Phi) is 7.12. The van der Waals surface area contributed by atoms with Crippen molar-refractivity contribution in [3.8, 4) is 0 Å². The van der Waals surface area contributed by atoms with Gasteiger partial charge in [-0.15, -0.1) is 0 Å². The lowest BCUT2D eigenvalue weighted by atomic mass is 10.2. The summed E-state index contributed by atoms with van der Waals surface area (Å²) in [6, 6.07) is 21.1. The smallest absolute Gasteiger partial charge is 0.322 e. The molecule has 0 aliphatic carbocycles. The van der Waals surface area contributed by atoms with Crippen LogP contribution in [-0.2, 0) is 17.8 Å². The Labute approximate surface area is 170 Å². The van der Waals surface area contributed by atoms with Crippen LogP contribution in [0.3, 0.4) is 0 Å². The first-order chi connectivity index (χ1) is 13.7. The average Bonchev–Trinajstić information content (AvgIpc) is 3.14. The van der Waals surface area contributed by atoms with Crippen LogP contribution in [0.15, 0.2) is 72.9 Å². The van der Waals surface area contributed by atoms with E-state index in [1.807, 2.05) is 72.9 Å². The number of hydrogen-bond donors (Lipinski definition) is 1. The number of aromatic nitrogens is 1. The first-order valence-corrected chi connectivity index (χ1v) is 9.52. The third-order valence-electron chi connectivity index (χ3n) is 4.45. The molecule has 1 heterocycles. The molecule has 0 saturated heterocycles.